The minimum absolute atomic E-state index is 0.609. The van der Waals surface area contributed by atoms with Gasteiger partial charge in [0, 0.05) is 12.1 Å². The topological polar surface area (TPSA) is 24.1 Å². The Labute approximate surface area is 97.4 Å². The maximum absolute atomic E-state index is 3.65. The van der Waals surface area contributed by atoms with E-state index in [1.54, 1.807) is 0 Å². The molecule has 2 N–H and O–H groups in total. The van der Waals surface area contributed by atoms with Crippen LogP contribution < -0.4 is 10.6 Å². The molecule has 2 aliphatic heterocycles. The molecule has 0 saturated carbocycles. The van der Waals surface area contributed by atoms with Crippen molar-refractivity contribution < 1.29 is 0 Å². The van der Waals surface area contributed by atoms with E-state index in [4.69, 9.17) is 0 Å². The molecule has 0 unspecified atom stereocenters. The Hall–Kier alpha value is -1.18. The number of nitrogens with one attached hydrogen (secondary N) is 2. The molecule has 0 fully saturated rings. The van der Waals surface area contributed by atoms with Gasteiger partial charge in [0.05, 0.1) is 11.4 Å². The summed E-state index contributed by atoms with van der Waals surface area (Å²) in [6.07, 6.45) is 4.93. The van der Waals surface area contributed by atoms with Crippen LogP contribution in [0.15, 0.2) is 12.1 Å². The molecular formula is C14H20N2. The lowest BCUT2D eigenvalue weighted by atomic mass is 9.91. The van der Waals surface area contributed by atoms with Gasteiger partial charge in [-0.05, 0) is 50.7 Å². The molecule has 86 valence electrons. The van der Waals surface area contributed by atoms with E-state index in [2.05, 4.69) is 36.6 Å². The van der Waals surface area contributed by atoms with Gasteiger partial charge in [-0.15, -0.1) is 0 Å². The fourth-order valence-corrected chi connectivity index (χ4v) is 2.82. The molecule has 16 heavy (non-hydrogen) atoms. The first kappa shape index (κ1) is 10.0. The number of hydrogen-bond donors (Lipinski definition) is 2. The second kappa shape index (κ2) is 3.69. The van der Waals surface area contributed by atoms with Crippen molar-refractivity contribution in [1.29, 1.82) is 0 Å². The average Bonchev–Trinajstić information content (AvgIpc) is 2.29. The normalized spacial score (nSPS) is 27.4. The number of fused-ring (bicyclic) bond motifs is 3. The van der Waals surface area contributed by atoms with Crippen molar-refractivity contribution in [1.82, 2.24) is 0 Å². The highest BCUT2D eigenvalue weighted by Crippen LogP contribution is 2.38. The molecule has 0 radical (unpaired) electrons. The van der Waals surface area contributed by atoms with E-state index in [-0.39, 0.29) is 0 Å². The summed E-state index contributed by atoms with van der Waals surface area (Å²) in [5.41, 5.74) is 5.72. The summed E-state index contributed by atoms with van der Waals surface area (Å²) >= 11 is 0. The predicted octanol–water partition coefficient (Wildman–Crippen LogP) is 3.18. The van der Waals surface area contributed by atoms with Gasteiger partial charge in [0.15, 0.2) is 0 Å². The van der Waals surface area contributed by atoms with Gasteiger partial charge >= 0.3 is 0 Å². The Morgan fingerprint density at radius 2 is 1.31 bits per heavy atom. The lowest BCUT2D eigenvalue weighted by molar-refractivity contribution is 0.662. The SMILES string of the molecule is C[C@@H]1CCc2ccc3c(c2N1)N[C@H](C)CC3. The Morgan fingerprint density at radius 1 is 0.875 bits per heavy atom. The molecule has 0 spiro atoms. The molecule has 0 aliphatic carbocycles. The van der Waals surface area contributed by atoms with Crippen molar-refractivity contribution in [2.45, 2.75) is 51.6 Å². The van der Waals surface area contributed by atoms with E-state index >= 15 is 0 Å². The first-order valence-electron chi connectivity index (χ1n) is 6.42. The fourth-order valence-electron chi connectivity index (χ4n) is 2.82. The standard InChI is InChI=1S/C14H20N2/c1-9-3-5-11-7-8-12-6-4-10(2)16-14(12)13(11)15-9/h7-10,15-16H,3-6H2,1-2H3/t9-,10-/m1/s1. The first-order valence-corrected chi connectivity index (χ1v) is 6.42. The second-order valence-corrected chi connectivity index (χ2v) is 5.30. The summed E-state index contributed by atoms with van der Waals surface area (Å²) in [6, 6.07) is 5.84. The van der Waals surface area contributed by atoms with Gasteiger partial charge in [-0.3, -0.25) is 0 Å². The molecular weight excluding hydrogens is 196 g/mol. The van der Waals surface area contributed by atoms with Crippen molar-refractivity contribution in [3.8, 4) is 0 Å². The largest absolute Gasteiger partial charge is 0.381 e. The highest BCUT2D eigenvalue weighted by molar-refractivity contribution is 5.78. The van der Waals surface area contributed by atoms with Gasteiger partial charge in [-0.2, -0.15) is 0 Å². The van der Waals surface area contributed by atoms with Gasteiger partial charge in [0.25, 0.3) is 0 Å². The lowest BCUT2D eigenvalue weighted by Crippen LogP contribution is -2.27. The molecule has 2 heteroatoms. The Kier molecular flexibility index (Phi) is 2.31. The smallest absolute Gasteiger partial charge is 0.0613 e. The molecule has 0 amide bonds. The van der Waals surface area contributed by atoms with Crippen molar-refractivity contribution in [2.24, 2.45) is 0 Å². The van der Waals surface area contributed by atoms with Gasteiger partial charge < -0.3 is 10.6 Å². The molecule has 0 bridgehead atoms. The van der Waals surface area contributed by atoms with E-state index in [1.807, 2.05) is 0 Å². The molecule has 2 atom stereocenters. The third-order valence-electron chi connectivity index (χ3n) is 3.85. The first-order chi connectivity index (χ1) is 7.74. The molecule has 0 aromatic heterocycles. The molecule has 3 rings (SSSR count). The van der Waals surface area contributed by atoms with Crippen molar-refractivity contribution in [3.63, 3.8) is 0 Å². The highest BCUT2D eigenvalue weighted by atomic mass is 15.0. The number of rotatable bonds is 0. The van der Waals surface area contributed by atoms with E-state index in [0.717, 1.165) is 0 Å². The van der Waals surface area contributed by atoms with Crippen LogP contribution in [0, 0.1) is 0 Å². The zero-order chi connectivity index (χ0) is 11.1. The zero-order valence-electron chi connectivity index (χ0n) is 10.1. The average molecular weight is 216 g/mol. The number of anilines is 2. The third kappa shape index (κ3) is 1.57. The van der Waals surface area contributed by atoms with Crippen molar-refractivity contribution in [3.05, 3.63) is 23.3 Å². The van der Waals surface area contributed by atoms with E-state index < -0.39 is 0 Å². The maximum atomic E-state index is 3.65. The van der Waals surface area contributed by atoms with Crippen molar-refractivity contribution in [2.75, 3.05) is 10.6 Å². The summed E-state index contributed by atoms with van der Waals surface area (Å²) in [5, 5.41) is 7.29. The summed E-state index contributed by atoms with van der Waals surface area (Å²) < 4.78 is 0. The van der Waals surface area contributed by atoms with Crippen LogP contribution in [-0.4, -0.2) is 12.1 Å². The Bertz CT molecular complexity index is 372. The molecule has 1 aromatic carbocycles. The van der Waals surface area contributed by atoms with Crippen LogP contribution in [0.2, 0.25) is 0 Å². The minimum atomic E-state index is 0.609. The second-order valence-electron chi connectivity index (χ2n) is 5.30. The molecule has 2 heterocycles. The number of aryl methyl sites for hydroxylation is 2. The van der Waals surface area contributed by atoms with Crippen LogP contribution >= 0.6 is 0 Å². The van der Waals surface area contributed by atoms with Crippen LogP contribution in [-0.2, 0) is 12.8 Å². The fraction of sp³-hybridized carbons (Fsp3) is 0.571. The lowest BCUT2D eigenvalue weighted by Gasteiger charge is -2.32. The predicted molar refractivity (Wildman–Crippen MR) is 69.3 cm³/mol. The minimum Gasteiger partial charge on any atom is -0.381 e. The monoisotopic (exact) mass is 216 g/mol. The molecule has 2 aliphatic rings. The van der Waals surface area contributed by atoms with Crippen LogP contribution in [0.1, 0.15) is 37.8 Å². The van der Waals surface area contributed by atoms with Gasteiger partial charge in [0.1, 0.15) is 0 Å². The Morgan fingerprint density at radius 3 is 1.75 bits per heavy atom. The van der Waals surface area contributed by atoms with E-state index in [0.29, 0.717) is 12.1 Å². The van der Waals surface area contributed by atoms with E-state index in [1.165, 1.54) is 48.2 Å². The van der Waals surface area contributed by atoms with Crippen molar-refractivity contribution >= 4 is 11.4 Å². The summed E-state index contributed by atoms with van der Waals surface area (Å²) in [4.78, 5) is 0. The van der Waals surface area contributed by atoms with Crippen LogP contribution in [0.5, 0.6) is 0 Å². The highest BCUT2D eigenvalue weighted by Gasteiger charge is 2.23. The Balaban J connectivity index is 2.06. The van der Waals surface area contributed by atoms with Crippen LogP contribution in [0.3, 0.4) is 0 Å². The van der Waals surface area contributed by atoms with Gasteiger partial charge in [0.2, 0.25) is 0 Å². The summed E-state index contributed by atoms with van der Waals surface area (Å²) in [6.45, 7) is 4.54. The molecule has 0 saturated heterocycles. The third-order valence-corrected chi connectivity index (χ3v) is 3.85. The van der Waals surface area contributed by atoms with Crippen LogP contribution in [0.25, 0.3) is 0 Å². The molecule has 1 aromatic rings. The van der Waals surface area contributed by atoms with Gasteiger partial charge in [-0.1, -0.05) is 12.1 Å². The van der Waals surface area contributed by atoms with Gasteiger partial charge in [-0.25, -0.2) is 0 Å². The zero-order valence-corrected chi connectivity index (χ0v) is 10.1. The summed E-state index contributed by atoms with van der Waals surface area (Å²) in [5.74, 6) is 0. The van der Waals surface area contributed by atoms with E-state index in [9.17, 15) is 0 Å². The maximum Gasteiger partial charge on any atom is 0.0613 e. The number of benzene rings is 1. The summed E-state index contributed by atoms with van der Waals surface area (Å²) in [7, 11) is 0. The number of hydrogen-bond acceptors (Lipinski definition) is 2. The quantitative estimate of drug-likeness (QED) is 0.696. The van der Waals surface area contributed by atoms with Crippen LogP contribution in [0.4, 0.5) is 11.4 Å². The molecule has 2 nitrogen and oxygen atoms in total.